The third kappa shape index (κ3) is 3.41. The highest BCUT2D eigenvalue weighted by molar-refractivity contribution is 5.68. The first kappa shape index (κ1) is 15.3. The van der Waals surface area contributed by atoms with E-state index >= 15 is 0 Å². The number of anilines is 1. The van der Waals surface area contributed by atoms with Gasteiger partial charge in [-0.3, -0.25) is 0 Å². The first-order chi connectivity index (χ1) is 10.9. The van der Waals surface area contributed by atoms with Crippen LogP contribution in [0.2, 0.25) is 0 Å². The maximum absolute atomic E-state index is 12.1. The number of oxazole rings is 1. The second kappa shape index (κ2) is 5.86. The Bertz CT molecular complexity index is 653. The third-order valence-electron chi connectivity index (χ3n) is 3.27. The fraction of sp³-hybridized carbons (Fsp3) is 0.615. The lowest BCUT2D eigenvalue weighted by Crippen LogP contribution is -2.50. The minimum atomic E-state index is -0.497. The van der Waals surface area contributed by atoms with Crippen molar-refractivity contribution in [3.63, 3.8) is 0 Å². The van der Waals surface area contributed by atoms with Crippen molar-refractivity contribution < 1.29 is 13.9 Å². The molecule has 23 heavy (non-hydrogen) atoms. The van der Waals surface area contributed by atoms with Crippen molar-refractivity contribution in [2.75, 3.05) is 31.1 Å². The van der Waals surface area contributed by atoms with Crippen LogP contribution in [0.3, 0.4) is 0 Å². The summed E-state index contributed by atoms with van der Waals surface area (Å²) in [6.45, 7) is 7.82. The van der Waals surface area contributed by atoms with Crippen molar-refractivity contribution >= 4 is 12.0 Å². The van der Waals surface area contributed by atoms with Gasteiger partial charge in [-0.1, -0.05) is 5.10 Å². The summed E-state index contributed by atoms with van der Waals surface area (Å²) in [6, 6.07) is 0.305. The number of ether oxygens (including phenoxy) is 1. The number of nitrogens with zero attached hydrogens (tertiary/aromatic N) is 7. The van der Waals surface area contributed by atoms with Gasteiger partial charge < -0.3 is 19.0 Å². The smallest absolute Gasteiger partial charge is 0.410 e. The minimum Gasteiger partial charge on any atom is -0.444 e. The van der Waals surface area contributed by atoms with Crippen molar-refractivity contribution in [2.45, 2.75) is 26.4 Å². The van der Waals surface area contributed by atoms with Crippen LogP contribution in [-0.2, 0) is 4.74 Å². The number of aromatic nitrogens is 5. The van der Waals surface area contributed by atoms with Gasteiger partial charge in [0.05, 0.1) is 6.20 Å². The van der Waals surface area contributed by atoms with Crippen LogP contribution in [0.4, 0.5) is 10.7 Å². The van der Waals surface area contributed by atoms with Crippen molar-refractivity contribution in [1.82, 2.24) is 30.1 Å². The molecular weight excluding hydrogens is 302 g/mol. The Hall–Kier alpha value is -2.65. The van der Waals surface area contributed by atoms with E-state index in [-0.39, 0.29) is 6.09 Å². The van der Waals surface area contributed by atoms with Gasteiger partial charge >= 0.3 is 12.1 Å². The van der Waals surface area contributed by atoms with E-state index in [1.54, 1.807) is 4.90 Å². The summed E-state index contributed by atoms with van der Waals surface area (Å²) in [6.07, 6.45) is 2.69. The lowest BCUT2D eigenvalue weighted by Gasteiger charge is -2.35. The first-order valence-corrected chi connectivity index (χ1v) is 7.35. The van der Waals surface area contributed by atoms with Gasteiger partial charge in [0.2, 0.25) is 0 Å². The molecule has 1 aliphatic rings. The fourth-order valence-corrected chi connectivity index (χ4v) is 2.24. The number of hydrogen-bond acceptors (Lipinski definition) is 8. The second-order valence-corrected chi connectivity index (χ2v) is 6.16. The number of carbonyl (C=O) groups is 1. The number of hydrogen-bond donors (Lipinski definition) is 0. The predicted molar refractivity (Wildman–Crippen MR) is 79.2 cm³/mol. The van der Waals surface area contributed by atoms with Crippen molar-refractivity contribution in [1.29, 1.82) is 0 Å². The molecule has 2 aromatic rings. The zero-order valence-electron chi connectivity index (χ0n) is 13.3. The second-order valence-electron chi connectivity index (χ2n) is 6.16. The van der Waals surface area contributed by atoms with E-state index in [2.05, 4.69) is 20.5 Å². The molecule has 0 spiro atoms. The fourth-order valence-electron chi connectivity index (χ4n) is 2.24. The number of rotatable bonds is 2. The molecule has 0 radical (unpaired) electrons. The van der Waals surface area contributed by atoms with E-state index in [1.807, 2.05) is 25.7 Å². The standard InChI is InChI=1S/C13H19N7O3/c1-13(2,3)23-12(21)19-7-5-18(6-8-19)10-15-16-17-20(10)11-14-4-9-22-11/h4,9H,5-8H2,1-3H3. The van der Waals surface area contributed by atoms with Crippen molar-refractivity contribution in [2.24, 2.45) is 0 Å². The quantitative estimate of drug-likeness (QED) is 0.796. The molecule has 0 aromatic carbocycles. The first-order valence-electron chi connectivity index (χ1n) is 7.35. The topological polar surface area (TPSA) is 102 Å². The van der Waals surface area contributed by atoms with Crippen molar-refractivity contribution in [3.05, 3.63) is 12.5 Å². The maximum atomic E-state index is 12.1. The Morgan fingerprint density at radius 3 is 2.61 bits per heavy atom. The molecule has 10 nitrogen and oxygen atoms in total. The molecule has 0 atom stereocenters. The van der Waals surface area contributed by atoms with Gasteiger partial charge in [0.25, 0.3) is 5.95 Å². The van der Waals surface area contributed by atoms with Crippen LogP contribution in [0.25, 0.3) is 6.01 Å². The van der Waals surface area contributed by atoms with Gasteiger partial charge in [-0.05, 0) is 31.2 Å². The van der Waals surface area contributed by atoms with E-state index in [0.29, 0.717) is 38.1 Å². The minimum absolute atomic E-state index is 0.301. The Kier molecular flexibility index (Phi) is 3.89. The van der Waals surface area contributed by atoms with Crippen LogP contribution in [0.15, 0.2) is 16.9 Å². The Morgan fingerprint density at radius 2 is 2.00 bits per heavy atom. The number of carbonyl (C=O) groups excluding carboxylic acids is 1. The van der Waals surface area contributed by atoms with Gasteiger partial charge in [0, 0.05) is 26.2 Å². The van der Waals surface area contributed by atoms with Crippen LogP contribution in [-0.4, -0.2) is 68.0 Å². The summed E-state index contributed by atoms with van der Waals surface area (Å²) in [4.78, 5) is 19.8. The average molecular weight is 321 g/mol. The molecule has 1 amide bonds. The summed E-state index contributed by atoms with van der Waals surface area (Å²) in [5, 5.41) is 11.6. The molecule has 124 valence electrons. The molecule has 1 saturated heterocycles. The molecule has 0 unspecified atom stereocenters. The Morgan fingerprint density at radius 1 is 1.26 bits per heavy atom. The third-order valence-corrected chi connectivity index (χ3v) is 3.27. The van der Waals surface area contributed by atoms with E-state index in [4.69, 9.17) is 9.15 Å². The lowest BCUT2D eigenvalue weighted by atomic mass is 10.2. The van der Waals surface area contributed by atoms with Gasteiger partial charge in [-0.25, -0.2) is 9.78 Å². The van der Waals surface area contributed by atoms with E-state index in [9.17, 15) is 4.79 Å². The summed E-state index contributed by atoms with van der Waals surface area (Å²) < 4.78 is 12.0. The predicted octanol–water partition coefficient (Wildman–Crippen LogP) is 0.707. The maximum Gasteiger partial charge on any atom is 0.410 e. The highest BCUT2D eigenvalue weighted by Crippen LogP contribution is 2.17. The number of piperazine rings is 1. The van der Waals surface area contributed by atoms with Crippen LogP contribution < -0.4 is 4.90 Å². The Balaban J connectivity index is 1.64. The largest absolute Gasteiger partial charge is 0.444 e. The zero-order valence-corrected chi connectivity index (χ0v) is 13.3. The molecular formula is C13H19N7O3. The summed E-state index contributed by atoms with van der Waals surface area (Å²) in [7, 11) is 0. The van der Waals surface area contributed by atoms with E-state index in [0.717, 1.165) is 0 Å². The molecule has 1 aliphatic heterocycles. The molecule has 0 saturated carbocycles. The normalized spacial score (nSPS) is 15.8. The monoisotopic (exact) mass is 321 g/mol. The Labute approximate surface area is 133 Å². The molecule has 10 heteroatoms. The van der Waals surface area contributed by atoms with Crippen LogP contribution in [0, 0.1) is 0 Å². The molecule has 0 N–H and O–H groups in total. The van der Waals surface area contributed by atoms with E-state index < -0.39 is 5.60 Å². The van der Waals surface area contributed by atoms with E-state index in [1.165, 1.54) is 17.1 Å². The SMILES string of the molecule is CC(C)(C)OC(=O)N1CCN(c2nnnn2-c2ncco2)CC1. The highest BCUT2D eigenvalue weighted by Gasteiger charge is 2.28. The van der Waals surface area contributed by atoms with Gasteiger partial charge in [0.1, 0.15) is 11.9 Å². The average Bonchev–Trinajstić information content (AvgIpc) is 3.16. The van der Waals surface area contributed by atoms with Crippen LogP contribution in [0.5, 0.6) is 0 Å². The molecule has 0 aliphatic carbocycles. The molecule has 3 heterocycles. The highest BCUT2D eigenvalue weighted by atomic mass is 16.6. The van der Waals surface area contributed by atoms with Crippen LogP contribution >= 0.6 is 0 Å². The molecule has 1 fully saturated rings. The summed E-state index contributed by atoms with van der Waals surface area (Å²) in [5.41, 5.74) is -0.497. The lowest BCUT2D eigenvalue weighted by molar-refractivity contribution is 0.0240. The van der Waals surface area contributed by atoms with Crippen LogP contribution in [0.1, 0.15) is 20.8 Å². The number of amides is 1. The van der Waals surface area contributed by atoms with Gasteiger partial charge in [-0.2, -0.15) is 0 Å². The molecule has 2 aromatic heterocycles. The van der Waals surface area contributed by atoms with Crippen molar-refractivity contribution in [3.8, 4) is 6.01 Å². The zero-order chi connectivity index (χ0) is 16.4. The van der Waals surface area contributed by atoms with Gasteiger partial charge in [0.15, 0.2) is 0 Å². The van der Waals surface area contributed by atoms with Gasteiger partial charge in [-0.15, -0.1) is 4.68 Å². The molecule has 0 bridgehead atoms. The summed E-state index contributed by atoms with van der Waals surface area (Å²) in [5.74, 6) is 0.538. The molecule has 3 rings (SSSR count). The number of tetrazole rings is 1. The summed E-state index contributed by atoms with van der Waals surface area (Å²) >= 11 is 0.